The van der Waals surface area contributed by atoms with Crippen LogP contribution in [0.15, 0.2) is 55.1 Å². The third kappa shape index (κ3) is 5.39. The standard InChI is InChI=1S/C26H30N6O5/c27-24-21-25(29-14-28-24)32(15-30-21)26-23(36)22(35)19(37-26)13-31(10-4-3-7-20(33)34)12-16-8-9-17-5-1-2-6-18(17)11-16/h1-2,5-6,8-9,11,14-15,19,22-23,26,35-36H,3-4,7,10,12-13H2,(H,33,34)(H2,27,28,29)/t19-,22-,23-,26-/m1/s1. The normalized spacial score (nSPS) is 21.8. The molecule has 2 aromatic carbocycles. The molecule has 0 radical (unpaired) electrons. The van der Waals surface area contributed by atoms with E-state index >= 15 is 0 Å². The number of nitrogens with two attached hydrogens (primary N) is 1. The molecule has 37 heavy (non-hydrogen) atoms. The van der Waals surface area contributed by atoms with Crippen molar-refractivity contribution in [1.82, 2.24) is 24.4 Å². The Balaban J connectivity index is 1.33. The van der Waals surface area contributed by atoms with Gasteiger partial charge in [-0.1, -0.05) is 36.4 Å². The van der Waals surface area contributed by atoms with E-state index in [-0.39, 0.29) is 12.2 Å². The van der Waals surface area contributed by atoms with Crippen LogP contribution in [0.4, 0.5) is 5.82 Å². The lowest BCUT2D eigenvalue weighted by molar-refractivity contribution is -0.137. The van der Waals surface area contributed by atoms with Gasteiger partial charge in [0.2, 0.25) is 0 Å². The second kappa shape index (κ2) is 10.8. The zero-order valence-electron chi connectivity index (χ0n) is 20.2. The summed E-state index contributed by atoms with van der Waals surface area (Å²) in [5.41, 5.74) is 7.78. The van der Waals surface area contributed by atoms with E-state index in [9.17, 15) is 15.0 Å². The van der Waals surface area contributed by atoms with Crippen molar-refractivity contribution in [3.63, 3.8) is 0 Å². The number of carboxylic acid groups (broad SMARTS) is 1. The summed E-state index contributed by atoms with van der Waals surface area (Å²) < 4.78 is 7.70. The summed E-state index contributed by atoms with van der Waals surface area (Å²) in [5, 5.41) is 33.0. The van der Waals surface area contributed by atoms with E-state index in [1.165, 1.54) is 12.7 Å². The second-order valence-electron chi connectivity index (χ2n) is 9.40. The van der Waals surface area contributed by atoms with Crippen molar-refractivity contribution < 1.29 is 24.9 Å². The van der Waals surface area contributed by atoms with Crippen molar-refractivity contribution in [2.24, 2.45) is 0 Å². The lowest BCUT2D eigenvalue weighted by atomic mass is 10.1. The molecule has 1 saturated heterocycles. The summed E-state index contributed by atoms with van der Waals surface area (Å²) in [4.78, 5) is 25.5. The zero-order chi connectivity index (χ0) is 25.9. The minimum atomic E-state index is -1.20. The molecule has 194 valence electrons. The molecule has 11 nitrogen and oxygen atoms in total. The molecule has 5 N–H and O–H groups in total. The van der Waals surface area contributed by atoms with Gasteiger partial charge in [0.05, 0.1) is 6.33 Å². The fraction of sp³-hybridized carbons (Fsp3) is 0.385. The number of fused-ring (bicyclic) bond motifs is 2. The van der Waals surface area contributed by atoms with Crippen molar-refractivity contribution in [3.05, 3.63) is 60.7 Å². The van der Waals surface area contributed by atoms with Crippen LogP contribution in [-0.4, -0.2) is 77.1 Å². The van der Waals surface area contributed by atoms with Gasteiger partial charge in [0, 0.05) is 19.5 Å². The highest BCUT2D eigenvalue weighted by Crippen LogP contribution is 2.32. The Bertz CT molecular complexity index is 1390. The van der Waals surface area contributed by atoms with Gasteiger partial charge in [-0.2, -0.15) is 0 Å². The van der Waals surface area contributed by atoms with Gasteiger partial charge in [0.1, 0.15) is 30.2 Å². The lowest BCUT2D eigenvalue weighted by Crippen LogP contribution is -2.40. The maximum Gasteiger partial charge on any atom is 0.303 e. The molecule has 0 saturated carbocycles. The van der Waals surface area contributed by atoms with E-state index in [0.717, 1.165) is 16.3 Å². The number of anilines is 1. The van der Waals surface area contributed by atoms with Crippen LogP contribution < -0.4 is 5.73 Å². The molecule has 0 spiro atoms. The van der Waals surface area contributed by atoms with Crippen LogP contribution in [0.3, 0.4) is 0 Å². The van der Waals surface area contributed by atoms with Gasteiger partial charge >= 0.3 is 5.97 Å². The number of hydrogen-bond acceptors (Lipinski definition) is 9. The Morgan fingerprint density at radius 2 is 1.86 bits per heavy atom. The Kier molecular flexibility index (Phi) is 7.28. The predicted molar refractivity (Wildman–Crippen MR) is 136 cm³/mol. The number of ether oxygens (including phenoxy) is 1. The van der Waals surface area contributed by atoms with E-state index in [2.05, 4.69) is 50.2 Å². The largest absolute Gasteiger partial charge is 0.481 e. The van der Waals surface area contributed by atoms with Crippen molar-refractivity contribution in [3.8, 4) is 0 Å². The number of benzene rings is 2. The number of aliphatic hydroxyl groups excluding tert-OH is 2. The average molecular weight is 507 g/mol. The third-order valence-corrected chi connectivity index (χ3v) is 6.77. The number of aliphatic carboxylic acids is 1. The van der Waals surface area contributed by atoms with Gasteiger partial charge in [-0.3, -0.25) is 14.3 Å². The molecular formula is C26H30N6O5. The smallest absolute Gasteiger partial charge is 0.303 e. The number of nitrogens with zero attached hydrogens (tertiary/aromatic N) is 5. The maximum atomic E-state index is 11.0. The number of imidazole rings is 1. The summed E-state index contributed by atoms with van der Waals surface area (Å²) in [6.07, 6.45) is 0.192. The van der Waals surface area contributed by atoms with E-state index in [1.54, 1.807) is 4.57 Å². The first-order chi connectivity index (χ1) is 17.9. The SMILES string of the molecule is Nc1ncnc2c1ncn2[C@@H]1O[C@H](CN(CCCCC(=O)O)Cc2ccc3ccccc3c2)[C@@H](O)[C@H]1O. The fourth-order valence-corrected chi connectivity index (χ4v) is 4.86. The van der Waals surface area contributed by atoms with Crippen LogP contribution in [-0.2, 0) is 16.1 Å². The summed E-state index contributed by atoms with van der Waals surface area (Å²) in [5.74, 6) is -0.602. The summed E-state index contributed by atoms with van der Waals surface area (Å²) in [7, 11) is 0. The number of nitrogen functional groups attached to an aromatic ring is 1. The van der Waals surface area contributed by atoms with E-state index in [1.807, 2.05) is 12.1 Å². The molecule has 3 heterocycles. The molecule has 4 atom stereocenters. The average Bonchev–Trinajstić information content (AvgIpc) is 3.43. The molecule has 11 heteroatoms. The topological polar surface area (TPSA) is 160 Å². The molecule has 1 aliphatic heterocycles. The quantitative estimate of drug-likeness (QED) is 0.234. The Hall–Kier alpha value is -3.64. The molecular weight excluding hydrogens is 476 g/mol. The van der Waals surface area contributed by atoms with Gasteiger partial charge in [-0.15, -0.1) is 0 Å². The van der Waals surface area contributed by atoms with Gasteiger partial charge in [0.15, 0.2) is 17.7 Å². The first-order valence-corrected chi connectivity index (χ1v) is 12.3. The molecule has 5 rings (SSSR count). The van der Waals surface area contributed by atoms with E-state index < -0.39 is 30.5 Å². The molecule has 4 aromatic rings. The monoisotopic (exact) mass is 506 g/mol. The summed E-state index contributed by atoms with van der Waals surface area (Å²) in [6.45, 7) is 1.55. The zero-order valence-corrected chi connectivity index (χ0v) is 20.2. The first-order valence-electron chi connectivity index (χ1n) is 12.3. The molecule has 0 unspecified atom stereocenters. The van der Waals surface area contributed by atoms with Crippen LogP contribution in [0.2, 0.25) is 0 Å². The highest BCUT2D eigenvalue weighted by atomic mass is 16.6. The van der Waals surface area contributed by atoms with Crippen LogP contribution in [0.25, 0.3) is 21.9 Å². The van der Waals surface area contributed by atoms with Gasteiger partial charge in [-0.25, -0.2) is 15.0 Å². The van der Waals surface area contributed by atoms with Crippen molar-refractivity contribution in [1.29, 1.82) is 0 Å². The maximum absolute atomic E-state index is 11.0. The van der Waals surface area contributed by atoms with Crippen LogP contribution >= 0.6 is 0 Å². The molecule has 1 fully saturated rings. The predicted octanol–water partition coefficient (Wildman–Crippen LogP) is 1.94. The first kappa shape index (κ1) is 25.0. The lowest BCUT2D eigenvalue weighted by Gasteiger charge is -2.27. The van der Waals surface area contributed by atoms with Crippen LogP contribution in [0.1, 0.15) is 31.1 Å². The Morgan fingerprint density at radius 1 is 1.05 bits per heavy atom. The summed E-state index contributed by atoms with van der Waals surface area (Å²) >= 11 is 0. The Labute approximate surface area is 213 Å². The molecule has 0 bridgehead atoms. The molecule has 2 aromatic heterocycles. The number of carbonyl (C=O) groups is 1. The number of aromatic nitrogens is 4. The molecule has 1 aliphatic rings. The second-order valence-corrected chi connectivity index (χ2v) is 9.40. The minimum absolute atomic E-state index is 0.103. The van der Waals surface area contributed by atoms with Gasteiger partial charge < -0.3 is 25.8 Å². The number of carboxylic acids is 1. The van der Waals surface area contributed by atoms with Gasteiger partial charge in [-0.05, 0) is 41.8 Å². The van der Waals surface area contributed by atoms with E-state index in [4.69, 9.17) is 15.6 Å². The highest BCUT2D eigenvalue weighted by molar-refractivity contribution is 5.83. The minimum Gasteiger partial charge on any atom is -0.481 e. The number of unbranched alkanes of at least 4 members (excludes halogenated alkanes) is 1. The third-order valence-electron chi connectivity index (χ3n) is 6.77. The summed E-state index contributed by atoms with van der Waals surface area (Å²) in [6, 6.07) is 14.4. The fourth-order valence-electron chi connectivity index (χ4n) is 4.86. The van der Waals surface area contributed by atoms with Crippen LogP contribution in [0.5, 0.6) is 0 Å². The number of hydrogen-bond donors (Lipinski definition) is 4. The van der Waals surface area contributed by atoms with Crippen LogP contribution in [0, 0.1) is 0 Å². The number of aliphatic hydroxyl groups is 2. The van der Waals surface area contributed by atoms with Crippen molar-refractivity contribution in [2.75, 3.05) is 18.8 Å². The van der Waals surface area contributed by atoms with E-state index in [0.29, 0.717) is 43.6 Å². The van der Waals surface area contributed by atoms with Gasteiger partial charge in [0.25, 0.3) is 0 Å². The van der Waals surface area contributed by atoms with Crippen molar-refractivity contribution >= 4 is 33.7 Å². The molecule has 0 aliphatic carbocycles. The van der Waals surface area contributed by atoms with Crippen molar-refractivity contribution in [2.45, 2.75) is 50.3 Å². The Morgan fingerprint density at radius 3 is 2.68 bits per heavy atom. The highest BCUT2D eigenvalue weighted by Gasteiger charge is 2.44. The molecule has 0 amide bonds. The number of rotatable bonds is 10.